The first kappa shape index (κ1) is 13.0. The lowest BCUT2D eigenvalue weighted by Crippen LogP contribution is -2.52. The van der Waals surface area contributed by atoms with Gasteiger partial charge in [0.15, 0.2) is 0 Å². The third kappa shape index (κ3) is 2.48. The lowest BCUT2D eigenvalue weighted by Gasteiger charge is -2.35. The van der Waals surface area contributed by atoms with Crippen LogP contribution in [0.5, 0.6) is 0 Å². The van der Waals surface area contributed by atoms with Crippen molar-refractivity contribution in [1.29, 1.82) is 0 Å². The van der Waals surface area contributed by atoms with Gasteiger partial charge in [-0.05, 0) is 18.4 Å². The first-order chi connectivity index (χ1) is 9.75. The standard InChI is InChI=1S/C15H19N3O2/c19-14-12-7-4-8-18(13(12)10-16-14)15(20)17-9-11-5-2-1-3-6-11/h1-3,5-6,12-13H,4,7-10H2,(H,16,19)(H,17,20). The molecule has 0 aromatic heterocycles. The molecular weight excluding hydrogens is 254 g/mol. The molecule has 0 aliphatic carbocycles. The molecule has 2 saturated heterocycles. The number of hydrogen-bond acceptors (Lipinski definition) is 2. The molecule has 2 heterocycles. The molecule has 0 bridgehead atoms. The SMILES string of the molecule is O=C1NCC2C1CCCN2C(=O)NCc1ccccc1. The highest BCUT2D eigenvalue weighted by molar-refractivity contribution is 5.84. The van der Waals surface area contributed by atoms with Gasteiger partial charge in [0.05, 0.1) is 12.0 Å². The number of fused-ring (bicyclic) bond motifs is 1. The highest BCUT2D eigenvalue weighted by Gasteiger charge is 2.42. The number of carbonyl (C=O) groups is 2. The molecule has 1 aromatic rings. The smallest absolute Gasteiger partial charge is 0.318 e. The van der Waals surface area contributed by atoms with Gasteiger partial charge in [0.25, 0.3) is 0 Å². The molecule has 0 spiro atoms. The Balaban J connectivity index is 1.61. The van der Waals surface area contributed by atoms with E-state index in [1.165, 1.54) is 0 Å². The highest BCUT2D eigenvalue weighted by Crippen LogP contribution is 2.27. The van der Waals surface area contributed by atoms with E-state index < -0.39 is 0 Å². The van der Waals surface area contributed by atoms with Crippen molar-refractivity contribution < 1.29 is 9.59 Å². The molecule has 0 saturated carbocycles. The summed E-state index contributed by atoms with van der Waals surface area (Å²) in [4.78, 5) is 25.8. The van der Waals surface area contributed by atoms with Gasteiger partial charge in [-0.1, -0.05) is 30.3 Å². The van der Waals surface area contributed by atoms with Gasteiger partial charge in [0, 0.05) is 19.6 Å². The summed E-state index contributed by atoms with van der Waals surface area (Å²) in [5.41, 5.74) is 1.08. The van der Waals surface area contributed by atoms with Gasteiger partial charge in [-0.2, -0.15) is 0 Å². The summed E-state index contributed by atoms with van der Waals surface area (Å²) in [5.74, 6) is 0.0711. The summed E-state index contributed by atoms with van der Waals surface area (Å²) < 4.78 is 0. The number of amides is 3. The zero-order chi connectivity index (χ0) is 13.9. The minimum absolute atomic E-state index is 0.0204. The number of nitrogens with one attached hydrogen (secondary N) is 2. The molecule has 1 aromatic carbocycles. The molecule has 2 atom stereocenters. The molecule has 20 heavy (non-hydrogen) atoms. The second-order valence-electron chi connectivity index (χ2n) is 5.40. The maximum Gasteiger partial charge on any atom is 0.318 e. The maximum absolute atomic E-state index is 12.3. The number of benzene rings is 1. The summed E-state index contributed by atoms with van der Waals surface area (Å²) in [5, 5.41) is 5.80. The van der Waals surface area contributed by atoms with E-state index in [-0.39, 0.29) is 23.9 Å². The van der Waals surface area contributed by atoms with Crippen LogP contribution in [0.25, 0.3) is 0 Å². The van der Waals surface area contributed by atoms with Crippen LogP contribution in [0.4, 0.5) is 4.79 Å². The van der Waals surface area contributed by atoms with E-state index in [4.69, 9.17) is 0 Å². The van der Waals surface area contributed by atoms with E-state index in [1.54, 1.807) is 0 Å². The molecule has 0 radical (unpaired) electrons. The molecule has 3 amide bonds. The Morgan fingerprint density at radius 1 is 1.35 bits per heavy atom. The summed E-state index contributed by atoms with van der Waals surface area (Å²) in [7, 11) is 0. The van der Waals surface area contributed by atoms with Crippen LogP contribution in [0, 0.1) is 5.92 Å². The van der Waals surface area contributed by atoms with Crippen molar-refractivity contribution in [3.63, 3.8) is 0 Å². The van der Waals surface area contributed by atoms with Crippen LogP contribution in [0.3, 0.4) is 0 Å². The van der Waals surface area contributed by atoms with Crippen LogP contribution in [0.15, 0.2) is 30.3 Å². The predicted octanol–water partition coefficient (Wildman–Crippen LogP) is 1.11. The first-order valence-corrected chi connectivity index (χ1v) is 7.12. The monoisotopic (exact) mass is 273 g/mol. The topological polar surface area (TPSA) is 61.4 Å². The van der Waals surface area contributed by atoms with Gasteiger partial charge >= 0.3 is 6.03 Å². The van der Waals surface area contributed by atoms with Crippen molar-refractivity contribution in [2.75, 3.05) is 13.1 Å². The van der Waals surface area contributed by atoms with Gasteiger partial charge in [-0.3, -0.25) is 4.79 Å². The lowest BCUT2D eigenvalue weighted by atomic mass is 9.92. The third-order valence-corrected chi connectivity index (χ3v) is 4.15. The summed E-state index contributed by atoms with van der Waals surface area (Å²) in [6.07, 6.45) is 1.78. The van der Waals surface area contributed by atoms with Crippen LogP contribution < -0.4 is 10.6 Å². The summed E-state index contributed by atoms with van der Waals surface area (Å²) in [6, 6.07) is 9.79. The second kappa shape index (κ2) is 5.53. The average molecular weight is 273 g/mol. The summed E-state index contributed by atoms with van der Waals surface area (Å²) in [6.45, 7) is 1.84. The van der Waals surface area contributed by atoms with Crippen molar-refractivity contribution in [2.45, 2.75) is 25.4 Å². The molecule has 5 heteroatoms. The van der Waals surface area contributed by atoms with Crippen LogP contribution in [0.1, 0.15) is 18.4 Å². The molecule has 2 aliphatic rings. The fourth-order valence-electron chi connectivity index (χ4n) is 3.08. The fourth-order valence-corrected chi connectivity index (χ4v) is 3.08. The van der Waals surface area contributed by atoms with Gasteiger partial charge < -0.3 is 15.5 Å². The van der Waals surface area contributed by atoms with E-state index in [1.807, 2.05) is 35.2 Å². The maximum atomic E-state index is 12.3. The van der Waals surface area contributed by atoms with E-state index in [9.17, 15) is 9.59 Å². The fraction of sp³-hybridized carbons (Fsp3) is 0.467. The number of piperidine rings is 1. The Morgan fingerprint density at radius 2 is 2.15 bits per heavy atom. The van der Waals surface area contributed by atoms with Crippen LogP contribution in [0.2, 0.25) is 0 Å². The van der Waals surface area contributed by atoms with Crippen molar-refractivity contribution in [3.05, 3.63) is 35.9 Å². The minimum atomic E-state index is -0.0694. The Morgan fingerprint density at radius 3 is 2.95 bits per heavy atom. The molecule has 3 rings (SSSR count). The molecule has 2 fully saturated rings. The summed E-state index contributed by atoms with van der Waals surface area (Å²) >= 11 is 0. The van der Waals surface area contributed by atoms with Crippen molar-refractivity contribution >= 4 is 11.9 Å². The first-order valence-electron chi connectivity index (χ1n) is 7.12. The Labute approximate surface area is 118 Å². The van der Waals surface area contributed by atoms with E-state index in [2.05, 4.69) is 10.6 Å². The zero-order valence-electron chi connectivity index (χ0n) is 11.3. The molecule has 106 valence electrons. The second-order valence-corrected chi connectivity index (χ2v) is 5.40. The molecular formula is C15H19N3O2. The van der Waals surface area contributed by atoms with Gasteiger partial charge in [0.2, 0.25) is 5.91 Å². The molecule has 2 N–H and O–H groups in total. The highest BCUT2D eigenvalue weighted by atomic mass is 16.2. The number of nitrogens with zero attached hydrogens (tertiary/aromatic N) is 1. The van der Waals surface area contributed by atoms with Crippen LogP contribution >= 0.6 is 0 Å². The van der Waals surface area contributed by atoms with E-state index in [0.717, 1.165) is 24.9 Å². The van der Waals surface area contributed by atoms with Crippen LogP contribution in [-0.2, 0) is 11.3 Å². The molecule has 5 nitrogen and oxygen atoms in total. The number of carbonyl (C=O) groups excluding carboxylic acids is 2. The van der Waals surface area contributed by atoms with E-state index in [0.29, 0.717) is 13.1 Å². The normalized spacial score (nSPS) is 25.0. The van der Waals surface area contributed by atoms with Gasteiger partial charge in [0.1, 0.15) is 0 Å². The van der Waals surface area contributed by atoms with E-state index >= 15 is 0 Å². The Hall–Kier alpha value is -2.04. The third-order valence-electron chi connectivity index (χ3n) is 4.15. The number of urea groups is 1. The number of rotatable bonds is 2. The number of hydrogen-bond donors (Lipinski definition) is 2. The minimum Gasteiger partial charge on any atom is -0.354 e. The van der Waals surface area contributed by atoms with Gasteiger partial charge in [-0.25, -0.2) is 4.79 Å². The number of likely N-dealkylation sites (tertiary alicyclic amines) is 1. The molecule has 2 unspecified atom stereocenters. The quantitative estimate of drug-likeness (QED) is 0.848. The Kier molecular flexibility index (Phi) is 3.58. The predicted molar refractivity (Wildman–Crippen MR) is 74.9 cm³/mol. The largest absolute Gasteiger partial charge is 0.354 e. The van der Waals surface area contributed by atoms with Gasteiger partial charge in [-0.15, -0.1) is 0 Å². The lowest BCUT2D eigenvalue weighted by molar-refractivity contribution is -0.123. The van der Waals surface area contributed by atoms with Crippen molar-refractivity contribution in [2.24, 2.45) is 5.92 Å². The zero-order valence-corrected chi connectivity index (χ0v) is 11.3. The average Bonchev–Trinajstić information content (AvgIpc) is 2.87. The van der Waals surface area contributed by atoms with Crippen LogP contribution in [-0.4, -0.2) is 36.0 Å². The van der Waals surface area contributed by atoms with Crippen molar-refractivity contribution in [1.82, 2.24) is 15.5 Å². The van der Waals surface area contributed by atoms with Crippen molar-refractivity contribution in [3.8, 4) is 0 Å². The molecule has 2 aliphatic heterocycles. The Bertz CT molecular complexity index is 503.